The zero-order valence-electron chi connectivity index (χ0n) is 32.3. The molecule has 0 amide bonds. The van der Waals surface area contributed by atoms with Crippen LogP contribution in [0.2, 0.25) is 0 Å². The Bertz CT molecular complexity index is 1260. The predicted octanol–water partition coefficient (Wildman–Crippen LogP) is 13.5. The smallest absolute Gasteiger partial charge is 0.147 e. The van der Waals surface area contributed by atoms with Crippen LogP contribution in [0, 0.1) is 21.7 Å². The van der Waals surface area contributed by atoms with Crippen molar-refractivity contribution in [3.63, 3.8) is 0 Å². The van der Waals surface area contributed by atoms with E-state index >= 15 is 0 Å². The van der Waals surface area contributed by atoms with Gasteiger partial charge in [-0.2, -0.15) is 0 Å². The van der Waals surface area contributed by atoms with Gasteiger partial charge < -0.3 is 0 Å². The summed E-state index contributed by atoms with van der Waals surface area (Å²) in [6.45, 7) is 38.1. The zero-order valence-corrected chi connectivity index (χ0v) is 41.1. The van der Waals surface area contributed by atoms with Crippen molar-refractivity contribution in [2.24, 2.45) is 21.7 Å². The van der Waals surface area contributed by atoms with Gasteiger partial charge in [0.05, 0.1) is 0 Å². The first-order valence-corrected chi connectivity index (χ1v) is 27.8. The second-order valence-electron chi connectivity index (χ2n) is 17.7. The van der Waals surface area contributed by atoms with Gasteiger partial charge in [0.1, 0.15) is 0 Å². The predicted molar refractivity (Wildman–Crippen MR) is 208 cm³/mol. The van der Waals surface area contributed by atoms with Crippen LogP contribution in [0.4, 0.5) is 0 Å². The summed E-state index contributed by atoms with van der Waals surface area (Å²) in [5.74, 6) is 0. The Morgan fingerprint density at radius 3 is 0.696 bits per heavy atom. The Hall–Kier alpha value is -0.0197. The quantitative estimate of drug-likeness (QED) is 0.246. The molecule has 4 aliphatic rings. The minimum atomic E-state index is -2.07. The first-order valence-electron chi connectivity index (χ1n) is 17.0. The summed E-state index contributed by atoms with van der Waals surface area (Å²) in [6.07, 6.45) is 24.1. The Balaban J connectivity index is 0.000000441. The van der Waals surface area contributed by atoms with Gasteiger partial charge in [-0.3, -0.25) is 0 Å². The standard InChI is InChI=1S/4C9H13.2C3H6.2ClH.2Hf/c4*1-9(2,3)8-6-4-5-7-8;2*1-3-2;;;;/h4*4,6H,5H2,1-3H3;2*1-2H3;2*1H;;. The van der Waals surface area contributed by atoms with E-state index in [1.165, 1.54) is 25.7 Å². The van der Waals surface area contributed by atoms with Gasteiger partial charge in [-0.25, -0.2) is 0 Å². The van der Waals surface area contributed by atoms with Crippen LogP contribution in [0.1, 0.15) is 136 Å². The van der Waals surface area contributed by atoms with E-state index in [4.69, 9.17) is 0 Å². The average Bonchev–Trinajstić information content (AvgIpc) is 3.64. The molecule has 0 aliphatic heterocycles. The number of halogens is 2. The van der Waals surface area contributed by atoms with Gasteiger partial charge in [0.2, 0.25) is 0 Å². The molecule has 4 rings (SSSR count). The monoisotopic (exact) mass is 1000 g/mol. The summed E-state index contributed by atoms with van der Waals surface area (Å²) < 4.78 is 10.9. The van der Waals surface area contributed by atoms with E-state index in [1.54, 1.807) is 28.8 Å². The maximum atomic E-state index is 2.42. The zero-order chi connectivity index (χ0) is 33.4. The maximum absolute atomic E-state index is 2.42. The van der Waals surface area contributed by atoms with Crippen molar-refractivity contribution in [3.8, 4) is 0 Å². The molecule has 0 N–H and O–H groups in total. The summed E-state index contributed by atoms with van der Waals surface area (Å²) in [7, 11) is 0. The van der Waals surface area contributed by atoms with Crippen LogP contribution in [-0.4, -0.2) is 6.51 Å². The van der Waals surface area contributed by atoms with E-state index in [0.717, 1.165) is 0 Å². The van der Waals surface area contributed by atoms with Gasteiger partial charge in [-0.1, -0.05) is 0 Å². The summed E-state index contributed by atoms with van der Waals surface area (Å²) in [4.78, 5) is 0. The van der Waals surface area contributed by atoms with Crippen molar-refractivity contribution in [2.75, 3.05) is 0 Å². The second kappa shape index (κ2) is 16.8. The fraction of sp³-hybridized carbons (Fsp3) is 0.571. The molecule has 256 valence electrons. The molecule has 0 aromatic carbocycles. The third-order valence-electron chi connectivity index (χ3n) is 9.17. The van der Waals surface area contributed by atoms with Crippen molar-refractivity contribution in [1.82, 2.24) is 0 Å². The summed E-state index contributed by atoms with van der Waals surface area (Å²) in [5, 5.41) is 0. The molecule has 0 bridgehead atoms. The van der Waals surface area contributed by atoms with Gasteiger partial charge in [-0.05, 0) is 0 Å². The van der Waals surface area contributed by atoms with Crippen molar-refractivity contribution in [3.05, 3.63) is 84.2 Å². The van der Waals surface area contributed by atoms with E-state index < -0.39 is 41.9 Å². The molecule has 0 atom stereocenters. The molecule has 0 radical (unpaired) electrons. The molecule has 46 heavy (non-hydrogen) atoms. The molecule has 0 aromatic rings. The SMILES string of the molecule is C[C](C)=[Hf]([C]1=C(C(C)(C)C)C=CC1)[C]1=C(C(C)(C)C)C=CC1.C[C](C)=[Hf]([C]1=C(C(C)(C)C)C=CC1)[C]1=C(C(C)(C)C)C=CC1.Cl.Cl. The van der Waals surface area contributed by atoms with Crippen LogP contribution in [0.5, 0.6) is 0 Å². The molecular formula is C42H66Cl2Hf2. The van der Waals surface area contributed by atoms with Crippen molar-refractivity contribution >= 4 is 31.3 Å². The number of rotatable bonds is 4. The van der Waals surface area contributed by atoms with Crippen LogP contribution in [0.25, 0.3) is 0 Å². The fourth-order valence-electron chi connectivity index (χ4n) is 7.35. The molecule has 0 unspecified atom stereocenters. The Labute approximate surface area is 312 Å². The molecule has 0 aromatic heterocycles. The topological polar surface area (TPSA) is 0 Å². The fourth-order valence-corrected chi connectivity index (χ4v) is 33.7. The van der Waals surface area contributed by atoms with E-state index in [2.05, 4.69) is 159 Å². The first kappa shape index (κ1) is 44.0. The molecule has 4 aliphatic carbocycles. The molecule has 0 saturated carbocycles. The molecule has 0 spiro atoms. The normalized spacial score (nSPS) is 17.9. The third kappa shape index (κ3) is 10.5. The molecule has 0 saturated heterocycles. The van der Waals surface area contributed by atoms with Gasteiger partial charge in [0.25, 0.3) is 0 Å². The second-order valence-corrected chi connectivity index (χ2v) is 39.0. The molecular weight excluding hydrogens is 932 g/mol. The first-order chi connectivity index (χ1) is 20.1. The Morgan fingerprint density at radius 2 is 0.565 bits per heavy atom. The molecule has 0 heterocycles. The maximum Gasteiger partial charge on any atom is -0.147 e. The van der Waals surface area contributed by atoms with Crippen LogP contribution in [0.15, 0.2) is 84.2 Å². The molecule has 0 nitrogen and oxygen atoms in total. The van der Waals surface area contributed by atoms with E-state index in [-0.39, 0.29) is 46.5 Å². The molecule has 0 fully saturated rings. The van der Waals surface area contributed by atoms with Crippen LogP contribution in [-0.2, 0) is 41.9 Å². The Kier molecular flexibility index (Phi) is 16.1. The third-order valence-corrected chi connectivity index (χ3v) is 31.8. The van der Waals surface area contributed by atoms with E-state index in [0.29, 0.717) is 0 Å². The van der Waals surface area contributed by atoms with Crippen LogP contribution >= 0.6 is 24.8 Å². The van der Waals surface area contributed by atoms with Gasteiger partial charge >= 0.3 is 291 Å². The van der Waals surface area contributed by atoms with Crippen molar-refractivity contribution < 1.29 is 41.9 Å². The van der Waals surface area contributed by atoms with Crippen molar-refractivity contribution in [1.29, 1.82) is 0 Å². The number of allylic oxidation sites excluding steroid dienone is 16. The average molecular weight is 999 g/mol. The summed E-state index contributed by atoms with van der Waals surface area (Å²) in [6, 6.07) is 0. The minimum absolute atomic E-state index is 0. The van der Waals surface area contributed by atoms with Crippen molar-refractivity contribution in [2.45, 2.75) is 136 Å². The van der Waals surface area contributed by atoms with Gasteiger partial charge in [0.15, 0.2) is 0 Å². The Morgan fingerprint density at radius 1 is 0.391 bits per heavy atom. The minimum Gasteiger partial charge on any atom is -0.147 e. The van der Waals surface area contributed by atoms with Crippen LogP contribution in [0.3, 0.4) is 0 Å². The van der Waals surface area contributed by atoms with E-state index in [9.17, 15) is 0 Å². The number of hydrogen-bond donors (Lipinski definition) is 0. The van der Waals surface area contributed by atoms with Gasteiger partial charge in [-0.15, -0.1) is 24.8 Å². The van der Waals surface area contributed by atoms with E-state index in [1.807, 2.05) is 13.3 Å². The van der Waals surface area contributed by atoms with Gasteiger partial charge in [0, 0.05) is 0 Å². The largest absolute Gasteiger partial charge is 0.147 e. The summed E-state index contributed by atoms with van der Waals surface area (Å²) in [5.41, 5.74) is 7.69. The van der Waals surface area contributed by atoms with Crippen LogP contribution < -0.4 is 0 Å². The summed E-state index contributed by atoms with van der Waals surface area (Å²) >= 11 is -4.15. The molecule has 4 heteroatoms. The number of hydrogen-bond acceptors (Lipinski definition) is 0.